The number of ether oxygens (including phenoxy) is 3. The summed E-state index contributed by atoms with van der Waals surface area (Å²) in [6, 6.07) is 24.1. The van der Waals surface area contributed by atoms with E-state index < -0.39 is 5.97 Å². The van der Waals surface area contributed by atoms with Crippen molar-refractivity contribution in [1.82, 2.24) is 0 Å². The summed E-state index contributed by atoms with van der Waals surface area (Å²) in [4.78, 5) is 12.5. The van der Waals surface area contributed by atoms with Crippen molar-refractivity contribution < 1.29 is 19.0 Å². The predicted molar refractivity (Wildman–Crippen MR) is 105 cm³/mol. The molecular formula is C23H22O4. The van der Waals surface area contributed by atoms with Crippen molar-refractivity contribution in [1.29, 1.82) is 0 Å². The zero-order valence-corrected chi connectivity index (χ0v) is 15.3. The molecule has 0 unspecified atom stereocenters. The van der Waals surface area contributed by atoms with Crippen LogP contribution in [-0.2, 0) is 6.42 Å². The van der Waals surface area contributed by atoms with Crippen LogP contribution in [-0.4, -0.2) is 19.2 Å². The van der Waals surface area contributed by atoms with Crippen LogP contribution in [0.1, 0.15) is 22.8 Å². The fourth-order valence-electron chi connectivity index (χ4n) is 2.54. The molecule has 4 heteroatoms. The van der Waals surface area contributed by atoms with Gasteiger partial charge in [-0.15, -0.1) is 0 Å². The fraction of sp³-hybridized carbons (Fsp3) is 0.174. The average Bonchev–Trinajstić information content (AvgIpc) is 2.73. The van der Waals surface area contributed by atoms with Gasteiger partial charge in [0.05, 0.1) is 0 Å². The van der Waals surface area contributed by atoms with Gasteiger partial charge in [-0.2, -0.15) is 0 Å². The molecule has 4 nitrogen and oxygen atoms in total. The second kappa shape index (κ2) is 9.43. The maximum absolute atomic E-state index is 12.5. The molecule has 0 spiro atoms. The zero-order chi connectivity index (χ0) is 18.9. The van der Waals surface area contributed by atoms with Gasteiger partial charge >= 0.3 is 5.97 Å². The quantitative estimate of drug-likeness (QED) is 0.324. The Morgan fingerprint density at radius 3 is 2.15 bits per heavy atom. The Hall–Kier alpha value is -3.27. The van der Waals surface area contributed by atoms with Crippen molar-refractivity contribution in [3.05, 3.63) is 90.0 Å². The van der Waals surface area contributed by atoms with Gasteiger partial charge in [-0.25, -0.2) is 4.79 Å². The lowest BCUT2D eigenvalue weighted by Gasteiger charge is -2.12. The Kier molecular flexibility index (Phi) is 6.47. The van der Waals surface area contributed by atoms with Gasteiger partial charge in [0.25, 0.3) is 0 Å². The first kappa shape index (κ1) is 18.5. The van der Waals surface area contributed by atoms with Gasteiger partial charge in [0.2, 0.25) is 0 Å². The summed E-state index contributed by atoms with van der Waals surface area (Å²) in [5.74, 6) is 1.33. The fourth-order valence-corrected chi connectivity index (χ4v) is 2.54. The maximum Gasteiger partial charge on any atom is 0.347 e. The zero-order valence-electron chi connectivity index (χ0n) is 15.3. The summed E-state index contributed by atoms with van der Waals surface area (Å²) in [6.45, 7) is 2.78. The second-order valence-corrected chi connectivity index (χ2v) is 5.89. The van der Waals surface area contributed by atoms with E-state index in [1.807, 2.05) is 48.5 Å². The summed E-state index contributed by atoms with van der Waals surface area (Å²) in [7, 11) is 0. The number of benzene rings is 3. The third kappa shape index (κ3) is 5.35. The highest BCUT2D eigenvalue weighted by molar-refractivity contribution is 5.93. The summed E-state index contributed by atoms with van der Waals surface area (Å²) >= 11 is 0. The molecule has 0 aliphatic heterocycles. The van der Waals surface area contributed by atoms with Crippen LogP contribution < -0.4 is 14.2 Å². The molecule has 0 saturated carbocycles. The number of carbonyl (C=O) groups is 1. The van der Waals surface area contributed by atoms with E-state index in [9.17, 15) is 4.79 Å². The van der Waals surface area contributed by atoms with Crippen LogP contribution in [0.4, 0.5) is 0 Å². The van der Waals surface area contributed by atoms with Crippen LogP contribution in [0.5, 0.6) is 17.2 Å². The Bertz CT molecular complexity index is 857. The normalized spacial score (nSPS) is 10.3. The summed E-state index contributed by atoms with van der Waals surface area (Å²) in [5, 5.41) is 0. The molecule has 3 aromatic carbocycles. The van der Waals surface area contributed by atoms with Gasteiger partial charge in [0.15, 0.2) is 0 Å². The predicted octanol–water partition coefficient (Wildman–Crippen LogP) is 4.93. The first-order valence-electron chi connectivity index (χ1n) is 8.97. The van der Waals surface area contributed by atoms with Gasteiger partial charge < -0.3 is 14.2 Å². The Morgan fingerprint density at radius 2 is 1.41 bits per heavy atom. The largest absolute Gasteiger partial charge is 0.490 e. The number of para-hydroxylation sites is 2. The molecule has 0 amide bonds. The highest BCUT2D eigenvalue weighted by Gasteiger charge is 2.14. The first-order chi connectivity index (χ1) is 13.3. The highest BCUT2D eigenvalue weighted by atomic mass is 16.5. The van der Waals surface area contributed by atoms with Crippen molar-refractivity contribution in [2.45, 2.75) is 13.3 Å². The van der Waals surface area contributed by atoms with Crippen LogP contribution in [0.3, 0.4) is 0 Å². The highest BCUT2D eigenvalue weighted by Crippen LogP contribution is 2.21. The Balaban J connectivity index is 1.58. The molecule has 0 bridgehead atoms. The van der Waals surface area contributed by atoms with E-state index >= 15 is 0 Å². The van der Waals surface area contributed by atoms with Crippen LogP contribution in [0, 0.1) is 0 Å². The number of hydrogen-bond donors (Lipinski definition) is 0. The minimum atomic E-state index is -0.446. The monoisotopic (exact) mass is 362 g/mol. The molecule has 0 saturated heterocycles. The number of carbonyl (C=O) groups excluding carboxylic acids is 1. The molecule has 0 atom stereocenters. The van der Waals surface area contributed by atoms with Gasteiger partial charge in [0.1, 0.15) is 36.0 Å². The molecule has 0 aliphatic rings. The van der Waals surface area contributed by atoms with Crippen LogP contribution in [0.2, 0.25) is 0 Å². The molecule has 3 rings (SSSR count). The molecular weight excluding hydrogens is 340 g/mol. The molecule has 0 heterocycles. The van der Waals surface area contributed by atoms with E-state index in [0.29, 0.717) is 30.3 Å². The van der Waals surface area contributed by atoms with Gasteiger partial charge in [-0.05, 0) is 48.4 Å². The standard InChI is InChI=1S/C23H22O4/c1-2-18-12-14-20(15-13-18)27-23(24)21-10-6-7-11-22(21)26-17-16-25-19-8-4-3-5-9-19/h3-15H,2,16-17H2,1H3. The van der Waals surface area contributed by atoms with E-state index in [1.165, 1.54) is 5.56 Å². The molecule has 138 valence electrons. The number of esters is 1. The van der Waals surface area contributed by atoms with Gasteiger partial charge in [0, 0.05) is 0 Å². The SMILES string of the molecule is CCc1ccc(OC(=O)c2ccccc2OCCOc2ccccc2)cc1. The van der Waals surface area contributed by atoms with E-state index in [-0.39, 0.29) is 0 Å². The van der Waals surface area contributed by atoms with E-state index in [1.54, 1.807) is 30.3 Å². The summed E-state index contributed by atoms with van der Waals surface area (Å²) in [5.41, 5.74) is 1.58. The third-order valence-corrected chi connectivity index (χ3v) is 4.00. The van der Waals surface area contributed by atoms with E-state index in [2.05, 4.69) is 6.92 Å². The summed E-state index contributed by atoms with van der Waals surface area (Å²) < 4.78 is 16.8. The van der Waals surface area contributed by atoms with Crippen molar-refractivity contribution in [3.8, 4) is 17.2 Å². The topological polar surface area (TPSA) is 44.8 Å². The lowest BCUT2D eigenvalue weighted by molar-refractivity contribution is 0.0729. The molecule has 0 radical (unpaired) electrons. The Morgan fingerprint density at radius 1 is 0.741 bits per heavy atom. The van der Waals surface area contributed by atoms with Crippen molar-refractivity contribution in [3.63, 3.8) is 0 Å². The lowest BCUT2D eigenvalue weighted by atomic mass is 10.1. The lowest BCUT2D eigenvalue weighted by Crippen LogP contribution is -2.14. The molecule has 0 aliphatic carbocycles. The minimum Gasteiger partial charge on any atom is -0.490 e. The van der Waals surface area contributed by atoms with E-state index in [0.717, 1.165) is 12.2 Å². The van der Waals surface area contributed by atoms with Crippen LogP contribution >= 0.6 is 0 Å². The van der Waals surface area contributed by atoms with Crippen molar-refractivity contribution in [2.24, 2.45) is 0 Å². The van der Waals surface area contributed by atoms with Crippen LogP contribution in [0.25, 0.3) is 0 Å². The van der Waals surface area contributed by atoms with Gasteiger partial charge in [-0.1, -0.05) is 49.4 Å². The first-order valence-corrected chi connectivity index (χ1v) is 8.97. The van der Waals surface area contributed by atoms with Gasteiger partial charge in [-0.3, -0.25) is 0 Å². The maximum atomic E-state index is 12.5. The average molecular weight is 362 g/mol. The number of rotatable bonds is 8. The Labute approximate surface area is 159 Å². The van der Waals surface area contributed by atoms with E-state index in [4.69, 9.17) is 14.2 Å². The van der Waals surface area contributed by atoms with Crippen molar-refractivity contribution in [2.75, 3.05) is 13.2 Å². The minimum absolute atomic E-state index is 0.324. The molecule has 0 fully saturated rings. The molecule has 0 aromatic heterocycles. The summed E-state index contributed by atoms with van der Waals surface area (Å²) in [6.07, 6.45) is 0.940. The molecule has 27 heavy (non-hydrogen) atoms. The number of aryl methyl sites for hydroxylation is 1. The molecule has 3 aromatic rings. The third-order valence-electron chi connectivity index (χ3n) is 4.00. The molecule has 0 N–H and O–H groups in total. The second-order valence-electron chi connectivity index (χ2n) is 5.89. The number of hydrogen-bond acceptors (Lipinski definition) is 4. The van der Waals surface area contributed by atoms with Crippen LogP contribution in [0.15, 0.2) is 78.9 Å². The van der Waals surface area contributed by atoms with Crippen molar-refractivity contribution >= 4 is 5.97 Å². The smallest absolute Gasteiger partial charge is 0.347 e.